The summed E-state index contributed by atoms with van der Waals surface area (Å²) in [6.45, 7) is 5.68. The Kier molecular flexibility index (Phi) is 4.45. The largest absolute Gasteiger partial charge is 0.478 e. The summed E-state index contributed by atoms with van der Waals surface area (Å²) in [7, 11) is 0. The van der Waals surface area contributed by atoms with Gasteiger partial charge in [0.25, 0.3) is 0 Å². The molecule has 0 amide bonds. The van der Waals surface area contributed by atoms with Crippen molar-refractivity contribution in [3.63, 3.8) is 0 Å². The monoisotopic (exact) mass is 274 g/mol. The first kappa shape index (κ1) is 14.6. The topological polar surface area (TPSA) is 68.2 Å². The number of nitrogens with two attached hydrogens (primary N) is 1. The molecule has 2 rings (SSSR count). The van der Waals surface area contributed by atoms with Crippen LogP contribution in [0.4, 0.5) is 0 Å². The highest BCUT2D eigenvalue weighted by Crippen LogP contribution is 2.27. The Morgan fingerprint density at radius 1 is 1.40 bits per heavy atom. The van der Waals surface area contributed by atoms with E-state index in [1.807, 2.05) is 6.92 Å². The number of benzene rings is 1. The van der Waals surface area contributed by atoms with Gasteiger partial charge in [-0.3, -0.25) is 0 Å². The zero-order valence-electron chi connectivity index (χ0n) is 12.1. The number of rotatable bonds is 6. The van der Waals surface area contributed by atoms with E-state index in [9.17, 15) is 9.90 Å². The SMILES string of the molecule is CCCCn1cc(CCN)c2cc(C(=O)O)cc(C)c21. The summed E-state index contributed by atoms with van der Waals surface area (Å²) in [5.41, 5.74) is 9.32. The van der Waals surface area contributed by atoms with Gasteiger partial charge in [-0.25, -0.2) is 4.79 Å². The highest BCUT2D eigenvalue weighted by molar-refractivity contribution is 5.96. The molecule has 1 aromatic heterocycles. The molecule has 2 aromatic rings. The average molecular weight is 274 g/mol. The summed E-state index contributed by atoms with van der Waals surface area (Å²) in [5, 5.41) is 10.2. The van der Waals surface area contributed by atoms with E-state index >= 15 is 0 Å². The summed E-state index contributed by atoms with van der Waals surface area (Å²) >= 11 is 0. The third-order valence-corrected chi connectivity index (χ3v) is 3.66. The average Bonchev–Trinajstić information content (AvgIpc) is 2.75. The molecule has 0 aliphatic carbocycles. The zero-order chi connectivity index (χ0) is 14.7. The van der Waals surface area contributed by atoms with Crippen LogP contribution >= 0.6 is 0 Å². The molecule has 0 aliphatic rings. The second kappa shape index (κ2) is 6.09. The van der Waals surface area contributed by atoms with E-state index in [1.165, 1.54) is 0 Å². The number of aryl methyl sites for hydroxylation is 2. The molecule has 1 heterocycles. The quantitative estimate of drug-likeness (QED) is 0.851. The van der Waals surface area contributed by atoms with E-state index in [4.69, 9.17) is 5.73 Å². The van der Waals surface area contributed by atoms with Crippen LogP contribution in [0.15, 0.2) is 18.3 Å². The van der Waals surface area contributed by atoms with Crippen molar-refractivity contribution >= 4 is 16.9 Å². The second-order valence-corrected chi connectivity index (χ2v) is 5.23. The van der Waals surface area contributed by atoms with Crippen LogP contribution < -0.4 is 5.73 Å². The van der Waals surface area contributed by atoms with E-state index in [1.54, 1.807) is 12.1 Å². The van der Waals surface area contributed by atoms with E-state index in [0.29, 0.717) is 12.1 Å². The van der Waals surface area contributed by atoms with Gasteiger partial charge in [0.15, 0.2) is 0 Å². The predicted octanol–water partition coefficient (Wildman–Crippen LogP) is 2.95. The molecule has 4 heteroatoms. The number of carbonyl (C=O) groups is 1. The molecule has 0 saturated carbocycles. The molecule has 0 fully saturated rings. The molecule has 108 valence electrons. The van der Waals surface area contributed by atoms with E-state index < -0.39 is 5.97 Å². The molecule has 3 N–H and O–H groups in total. The minimum Gasteiger partial charge on any atom is -0.478 e. The fourth-order valence-corrected chi connectivity index (χ4v) is 2.71. The lowest BCUT2D eigenvalue weighted by Gasteiger charge is -2.07. The molecule has 0 bridgehead atoms. The van der Waals surface area contributed by atoms with Crippen LogP contribution in [0.1, 0.15) is 41.3 Å². The number of hydrogen-bond donors (Lipinski definition) is 2. The molecular formula is C16H22N2O2. The Bertz CT molecular complexity index is 629. The van der Waals surface area contributed by atoms with Crippen molar-refractivity contribution in [3.8, 4) is 0 Å². The fourth-order valence-electron chi connectivity index (χ4n) is 2.71. The number of aromatic carboxylic acids is 1. The smallest absolute Gasteiger partial charge is 0.335 e. The van der Waals surface area contributed by atoms with E-state index in [2.05, 4.69) is 17.7 Å². The molecule has 0 saturated heterocycles. The Morgan fingerprint density at radius 3 is 2.75 bits per heavy atom. The van der Waals surface area contributed by atoms with Crippen molar-refractivity contribution in [2.45, 2.75) is 39.7 Å². The van der Waals surface area contributed by atoms with Gasteiger partial charge in [-0.15, -0.1) is 0 Å². The normalized spacial score (nSPS) is 11.2. The van der Waals surface area contributed by atoms with E-state index in [0.717, 1.165) is 47.8 Å². The van der Waals surface area contributed by atoms with Crippen LogP contribution in [-0.2, 0) is 13.0 Å². The van der Waals surface area contributed by atoms with Gasteiger partial charge in [-0.2, -0.15) is 0 Å². The maximum atomic E-state index is 11.2. The first-order valence-electron chi connectivity index (χ1n) is 7.14. The van der Waals surface area contributed by atoms with Crippen molar-refractivity contribution in [2.75, 3.05) is 6.54 Å². The van der Waals surface area contributed by atoms with Crippen molar-refractivity contribution in [2.24, 2.45) is 5.73 Å². The standard InChI is InChI=1S/C16H22N2O2/c1-3-4-7-18-10-12(5-6-17)14-9-13(16(19)20)8-11(2)15(14)18/h8-10H,3-7,17H2,1-2H3,(H,19,20). The number of nitrogens with zero attached hydrogens (tertiary/aromatic N) is 1. The van der Waals surface area contributed by atoms with Gasteiger partial charge in [0.2, 0.25) is 0 Å². The first-order chi connectivity index (χ1) is 9.58. The van der Waals surface area contributed by atoms with Crippen LogP contribution in [0.5, 0.6) is 0 Å². The van der Waals surface area contributed by atoms with Crippen LogP contribution in [0.2, 0.25) is 0 Å². The fraction of sp³-hybridized carbons (Fsp3) is 0.438. The molecule has 20 heavy (non-hydrogen) atoms. The summed E-state index contributed by atoms with van der Waals surface area (Å²) < 4.78 is 2.24. The van der Waals surface area contributed by atoms with Crippen LogP contribution in [-0.4, -0.2) is 22.2 Å². The predicted molar refractivity (Wildman–Crippen MR) is 81.3 cm³/mol. The summed E-state index contributed by atoms with van der Waals surface area (Å²) in [6, 6.07) is 3.53. The lowest BCUT2D eigenvalue weighted by atomic mass is 10.0. The van der Waals surface area contributed by atoms with Crippen molar-refractivity contribution < 1.29 is 9.90 Å². The number of carboxylic acids is 1. The molecule has 0 aliphatic heterocycles. The summed E-state index contributed by atoms with van der Waals surface area (Å²) in [6.07, 6.45) is 5.16. The van der Waals surface area contributed by atoms with Gasteiger partial charge < -0.3 is 15.4 Å². The van der Waals surface area contributed by atoms with Crippen LogP contribution in [0, 0.1) is 6.92 Å². The third-order valence-electron chi connectivity index (χ3n) is 3.66. The lowest BCUT2D eigenvalue weighted by Crippen LogP contribution is -2.02. The third kappa shape index (κ3) is 2.70. The Hall–Kier alpha value is -1.81. The molecule has 0 unspecified atom stereocenters. The van der Waals surface area contributed by atoms with Crippen molar-refractivity contribution in [1.29, 1.82) is 0 Å². The van der Waals surface area contributed by atoms with Gasteiger partial charge in [-0.05, 0) is 49.6 Å². The number of fused-ring (bicyclic) bond motifs is 1. The Morgan fingerprint density at radius 2 is 2.15 bits per heavy atom. The summed E-state index contributed by atoms with van der Waals surface area (Å²) in [5.74, 6) is -0.880. The van der Waals surface area contributed by atoms with Crippen molar-refractivity contribution in [1.82, 2.24) is 4.57 Å². The van der Waals surface area contributed by atoms with Gasteiger partial charge in [-0.1, -0.05) is 13.3 Å². The maximum absolute atomic E-state index is 11.2. The molecule has 0 radical (unpaired) electrons. The zero-order valence-corrected chi connectivity index (χ0v) is 12.1. The molecule has 4 nitrogen and oxygen atoms in total. The van der Waals surface area contributed by atoms with Crippen LogP contribution in [0.3, 0.4) is 0 Å². The minimum absolute atomic E-state index is 0.349. The minimum atomic E-state index is -0.880. The van der Waals surface area contributed by atoms with E-state index in [-0.39, 0.29) is 0 Å². The highest BCUT2D eigenvalue weighted by atomic mass is 16.4. The lowest BCUT2D eigenvalue weighted by molar-refractivity contribution is 0.0697. The van der Waals surface area contributed by atoms with Gasteiger partial charge >= 0.3 is 5.97 Å². The van der Waals surface area contributed by atoms with Gasteiger partial charge in [0.05, 0.1) is 11.1 Å². The van der Waals surface area contributed by atoms with Crippen molar-refractivity contribution in [3.05, 3.63) is 35.0 Å². The first-order valence-corrected chi connectivity index (χ1v) is 7.14. The molecule has 0 spiro atoms. The summed E-state index contributed by atoms with van der Waals surface area (Å²) in [4.78, 5) is 11.2. The number of carboxylic acid groups (broad SMARTS) is 1. The number of aromatic nitrogens is 1. The number of hydrogen-bond acceptors (Lipinski definition) is 2. The molecule has 1 aromatic carbocycles. The maximum Gasteiger partial charge on any atom is 0.335 e. The Labute approximate surface area is 119 Å². The molecular weight excluding hydrogens is 252 g/mol. The second-order valence-electron chi connectivity index (χ2n) is 5.23. The van der Waals surface area contributed by atoms with Crippen LogP contribution in [0.25, 0.3) is 10.9 Å². The van der Waals surface area contributed by atoms with Gasteiger partial charge in [0, 0.05) is 18.1 Å². The van der Waals surface area contributed by atoms with Gasteiger partial charge in [0.1, 0.15) is 0 Å². The molecule has 0 atom stereocenters. The Balaban J connectivity index is 2.62. The highest BCUT2D eigenvalue weighted by Gasteiger charge is 2.14. The number of unbranched alkanes of at least 4 members (excludes halogenated alkanes) is 1.